The van der Waals surface area contributed by atoms with Crippen LogP contribution in [0, 0.1) is 0 Å². The molecule has 0 radical (unpaired) electrons. The Bertz CT molecular complexity index is 2070. The van der Waals surface area contributed by atoms with Gasteiger partial charge < -0.3 is 4.57 Å². The summed E-state index contributed by atoms with van der Waals surface area (Å²) in [6.45, 7) is 13.8. The van der Waals surface area contributed by atoms with Crippen molar-refractivity contribution in [2.24, 2.45) is 0 Å². The summed E-state index contributed by atoms with van der Waals surface area (Å²) in [5, 5.41) is 8.12. The average molecular weight is 693 g/mol. The molecule has 0 fully saturated rings. The van der Waals surface area contributed by atoms with Crippen LogP contribution in [0.4, 0.5) is 0 Å². The Balaban J connectivity index is 1.48. The third kappa shape index (κ3) is 5.50. The van der Waals surface area contributed by atoms with Gasteiger partial charge in [-0.25, -0.2) is 0 Å². The highest BCUT2D eigenvalue weighted by atomic mass is 79.9. The SMILES string of the molecule is CC(C)(C)c1ccc2c(c1)c1cc(C(C)(C)C)ccc1n2-c1ccc([Si](c2ccccc2)(c2ccccc2)c2ccc(Br)cc2)cc1. The molecule has 0 saturated heterocycles. The largest absolute Gasteiger partial charge is 0.309 e. The highest BCUT2D eigenvalue weighted by Crippen LogP contribution is 2.37. The molecule has 234 valence electrons. The molecule has 0 aliphatic carbocycles. The number of hydrogen-bond acceptors (Lipinski definition) is 0. The fourth-order valence-corrected chi connectivity index (χ4v) is 12.2. The van der Waals surface area contributed by atoms with Crippen LogP contribution >= 0.6 is 15.9 Å². The summed E-state index contributed by atoms with van der Waals surface area (Å²) in [7, 11) is -2.62. The number of fused-ring (bicyclic) bond motifs is 3. The van der Waals surface area contributed by atoms with Crippen LogP contribution in [0.3, 0.4) is 0 Å². The van der Waals surface area contributed by atoms with Crippen LogP contribution in [0.25, 0.3) is 27.5 Å². The molecular weight excluding hydrogens is 650 g/mol. The average Bonchev–Trinajstić information content (AvgIpc) is 3.40. The molecule has 7 rings (SSSR count). The molecule has 1 nitrogen and oxygen atoms in total. The first-order valence-electron chi connectivity index (χ1n) is 16.5. The lowest BCUT2D eigenvalue weighted by molar-refractivity contribution is 0.590. The second kappa shape index (κ2) is 11.8. The number of rotatable bonds is 5. The summed E-state index contributed by atoms with van der Waals surface area (Å²) in [6, 6.07) is 54.9. The highest BCUT2D eigenvalue weighted by molar-refractivity contribution is 9.10. The van der Waals surface area contributed by atoms with E-state index in [1.807, 2.05) is 0 Å². The van der Waals surface area contributed by atoms with Gasteiger partial charge in [0, 0.05) is 20.9 Å². The van der Waals surface area contributed by atoms with Gasteiger partial charge in [-0.05, 0) is 91.2 Å². The minimum absolute atomic E-state index is 0.0712. The van der Waals surface area contributed by atoms with Crippen LogP contribution in [-0.4, -0.2) is 12.6 Å². The summed E-state index contributed by atoms with van der Waals surface area (Å²) in [4.78, 5) is 0. The predicted molar refractivity (Wildman–Crippen MR) is 209 cm³/mol. The van der Waals surface area contributed by atoms with E-state index in [1.54, 1.807) is 0 Å². The van der Waals surface area contributed by atoms with E-state index in [0.717, 1.165) is 4.47 Å². The summed E-state index contributed by atoms with van der Waals surface area (Å²) in [5.74, 6) is 0. The second-order valence-electron chi connectivity index (χ2n) is 14.8. The highest BCUT2D eigenvalue weighted by Gasteiger charge is 2.41. The molecule has 1 aromatic heterocycles. The molecule has 3 heteroatoms. The van der Waals surface area contributed by atoms with Crippen molar-refractivity contribution in [3.63, 3.8) is 0 Å². The van der Waals surface area contributed by atoms with Crippen molar-refractivity contribution in [3.8, 4) is 5.69 Å². The molecule has 0 atom stereocenters. The predicted octanol–water partition coefficient (Wildman–Crippen LogP) is 9.52. The topological polar surface area (TPSA) is 4.93 Å². The maximum Gasteiger partial charge on any atom is 0.179 e. The van der Waals surface area contributed by atoms with Crippen LogP contribution in [-0.2, 0) is 10.8 Å². The van der Waals surface area contributed by atoms with Gasteiger partial charge in [-0.1, -0.05) is 155 Å². The molecule has 0 saturated carbocycles. The molecule has 0 N–H and O–H groups in total. The summed E-state index contributed by atoms with van der Waals surface area (Å²) >= 11 is 3.69. The molecule has 0 bridgehead atoms. The Morgan fingerprint density at radius 1 is 0.447 bits per heavy atom. The quantitative estimate of drug-likeness (QED) is 0.125. The lowest BCUT2D eigenvalue weighted by Gasteiger charge is -2.34. The van der Waals surface area contributed by atoms with Crippen LogP contribution in [0.15, 0.2) is 150 Å². The molecular formula is C44H42BrNSi. The fourth-order valence-electron chi connectivity index (χ4n) is 7.17. The Morgan fingerprint density at radius 2 is 0.830 bits per heavy atom. The van der Waals surface area contributed by atoms with E-state index in [1.165, 1.54) is 59.4 Å². The van der Waals surface area contributed by atoms with Gasteiger partial charge in [0.15, 0.2) is 8.07 Å². The lowest BCUT2D eigenvalue weighted by Crippen LogP contribution is -2.74. The van der Waals surface area contributed by atoms with Crippen LogP contribution < -0.4 is 20.7 Å². The number of aromatic nitrogens is 1. The van der Waals surface area contributed by atoms with Gasteiger partial charge in [0.1, 0.15) is 0 Å². The minimum Gasteiger partial charge on any atom is -0.309 e. The molecule has 47 heavy (non-hydrogen) atoms. The van der Waals surface area contributed by atoms with Crippen LogP contribution in [0.5, 0.6) is 0 Å². The van der Waals surface area contributed by atoms with Gasteiger partial charge in [0.25, 0.3) is 0 Å². The van der Waals surface area contributed by atoms with E-state index < -0.39 is 8.07 Å². The number of nitrogens with zero attached hydrogens (tertiary/aromatic N) is 1. The molecule has 7 aromatic rings. The first-order chi connectivity index (χ1) is 22.5. The van der Waals surface area contributed by atoms with E-state index in [4.69, 9.17) is 0 Å². The Hall–Kier alpha value is -4.18. The fraction of sp³-hybridized carbons (Fsp3) is 0.182. The van der Waals surface area contributed by atoms with Crippen molar-refractivity contribution in [3.05, 3.63) is 161 Å². The van der Waals surface area contributed by atoms with E-state index in [0.29, 0.717) is 0 Å². The smallest absolute Gasteiger partial charge is 0.179 e. The summed E-state index contributed by atoms with van der Waals surface area (Å²) in [6.07, 6.45) is 0. The monoisotopic (exact) mass is 691 g/mol. The molecule has 0 aliphatic heterocycles. The van der Waals surface area contributed by atoms with Gasteiger partial charge >= 0.3 is 0 Å². The summed E-state index contributed by atoms with van der Waals surface area (Å²) in [5.41, 5.74) is 6.53. The maximum absolute atomic E-state index is 3.69. The molecule has 0 amide bonds. The van der Waals surface area contributed by atoms with Gasteiger partial charge in [0.2, 0.25) is 0 Å². The van der Waals surface area contributed by atoms with E-state index in [-0.39, 0.29) is 10.8 Å². The molecule has 1 heterocycles. The number of hydrogen-bond donors (Lipinski definition) is 0. The zero-order valence-corrected chi connectivity index (χ0v) is 30.8. The molecule has 0 spiro atoms. The second-order valence-corrected chi connectivity index (χ2v) is 19.6. The third-order valence-electron chi connectivity index (χ3n) is 9.75. The van der Waals surface area contributed by atoms with Crippen molar-refractivity contribution in [1.29, 1.82) is 0 Å². The number of halogens is 1. The number of benzene rings is 6. The van der Waals surface area contributed by atoms with Crippen LogP contribution in [0.1, 0.15) is 52.7 Å². The standard InChI is InChI=1S/C44H42BrNSi/c1-43(2,3)31-17-27-41-39(29-31)40-30-32(44(4,5)6)18-28-42(40)46(41)34-21-25-38(26-22-34)47(35-13-9-7-10-14-35,36-15-11-8-12-16-36)37-23-19-33(45)20-24-37/h7-30H,1-6H3. The Kier molecular flexibility index (Phi) is 7.89. The lowest BCUT2D eigenvalue weighted by atomic mass is 9.85. The normalized spacial score (nSPS) is 12.6. The van der Waals surface area contributed by atoms with Crippen LogP contribution in [0.2, 0.25) is 0 Å². The van der Waals surface area contributed by atoms with Crippen molar-refractivity contribution >= 4 is 66.6 Å². The summed E-state index contributed by atoms with van der Waals surface area (Å²) < 4.78 is 3.55. The van der Waals surface area contributed by atoms with Gasteiger partial charge in [-0.3, -0.25) is 0 Å². The zero-order valence-electron chi connectivity index (χ0n) is 28.2. The Morgan fingerprint density at radius 3 is 1.23 bits per heavy atom. The molecule has 0 aliphatic rings. The van der Waals surface area contributed by atoms with Gasteiger partial charge in [-0.2, -0.15) is 0 Å². The van der Waals surface area contributed by atoms with E-state index in [9.17, 15) is 0 Å². The molecule has 6 aromatic carbocycles. The third-order valence-corrected chi connectivity index (χ3v) is 15.1. The first-order valence-corrected chi connectivity index (χ1v) is 19.3. The van der Waals surface area contributed by atoms with Crippen molar-refractivity contribution in [2.75, 3.05) is 0 Å². The Labute approximate surface area is 289 Å². The van der Waals surface area contributed by atoms with Crippen molar-refractivity contribution < 1.29 is 0 Å². The van der Waals surface area contributed by atoms with Crippen molar-refractivity contribution in [1.82, 2.24) is 4.57 Å². The van der Waals surface area contributed by atoms with Gasteiger partial charge in [-0.15, -0.1) is 0 Å². The first kappa shape index (κ1) is 31.4. The minimum atomic E-state index is -2.62. The van der Waals surface area contributed by atoms with E-state index >= 15 is 0 Å². The zero-order chi connectivity index (χ0) is 33.0. The maximum atomic E-state index is 3.69. The van der Waals surface area contributed by atoms with Gasteiger partial charge in [0.05, 0.1) is 11.0 Å². The van der Waals surface area contributed by atoms with E-state index in [2.05, 4.69) is 208 Å². The van der Waals surface area contributed by atoms with Crippen molar-refractivity contribution in [2.45, 2.75) is 52.4 Å². The molecule has 0 unspecified atom stereocenters.